The Hall–Kier alpha value is -3.71. The lowest BCUT2D eigenvalue weighted by molar-refractivity contribution is 0.370. The molecule has 0 aromatic heterocycles. The smallest absolute Gasteiger partial charge is 0.148 e. The Morgan fingerprint density at radius 2 is 1.90 bits per heavy atom. The van der Waals surface area contributed by atoms with Crippen LogP contribution in [0.2, 0.25) is 0 Å². The van der Waals surface area contributed by atoms with Gasteiger partial charge in [0.25, 0.3) is 0 Å². The number of terminal acetylenes is 1. The minimum Gasteiger partial charge on any atom is -0.508 e. The van der Waals surface area contributed by atoms with Crippen LogP contribution in [-0.2, 0) is 6.54 Å². The lowest BCUT2D eigenvalue weighted by Crippen LogP contribution is -2.29. The van der Waals surface area contributed by atoms with Crippen LogP contribution in [0.3, 0.4) is 0 Å². The van der Waals surface area contributed by atoms with Gasteiger partial charge in [0.1, 0.15) is 24.8 Å². The van der Waals surface area contributed by atoms with E-state index in [1.54, 1.807) is 12.1 Å². The van der Waals surface area contributed by atoms with E-state index < -0.39 is 0 Å². The summed E-state index contributed by atoms with van der Waals surface area (Å²) in [4.78, 5) is 7.12. The van der Waals surface area contributed by atoms with Gasteiger partial charge in [0.2, 0.25) is 0 Å². The van der Waals surface area contributed by atoms with Crippen molar-refractivity contribution in [3.8, 4) is 23.8 Å². The highest BCUT2D eigenvalue weighted by Crippen LogP contribution is 2.33. The average molecular weight is 411 g/mol. The van der Waals surface area contributed by atoms with Gasteiger partial charge in [-0.1, -0.05) is 56.2 Å². The Morgan fingerprint density at radius 3 is 2.61 bits per heavy atom. The van der Waals surface area contributed by atoms with Crippen molar-refractivity contribution < 1.29 is 9.84 Å². The Bertz CT molecular complexity index is 1140. The van der Waals surface area contributed by atoms with Crippen LogP contribution in [0.5, 0.6) is 11.5 Å². The Balaban J connectivity index is 1.71. The molecule has 3 aromatic rings. The van der Waals surface area contributed by atoms with E-state index in [1.165, 1.54) is 5.56 Å². The molecule has 4 heteroatoms. The number of anilines is 1. The summed E-state index contributed by atoms with van der Waals surface area (Å²) in [6.45, 7) is 5.79. The molecule has 0 amide bonds. The predicted molar refractivity (Wildman–Crippen MR) is 126 cm³/mol. The average Bonchev–Trinajstić information content (AvgIpc) is 2.78. The Labute approximate surface area is 183 Å². The summed E-state index contributed by atoms with van der Waals surface area (Å²) < 4.78 is 5.68. The van der Waals surface area contributed by atoms with Crippen LogP contribution < -0.4 is 9.64 Å². The molecule has 0 unspecified atom stereocenters. The zero-order chi connectivity index (χ0) is 21.8. The van der Waals surface area contributed by atoms with E-state index in [9.17, 15) is 5.11 Å². The molecule has 0 atom stereocenters. The highest BCUT2D eigenvalue weighted by atomic mass is 16.5. The third-order valence-corrected chi connectivity index (χ3v) is 5.42. The summed E-state index contributed by atoms with van der Waals surface area (Å²) in [6, 6.07) is 21.9. The zero-order valence-electron chi connectivity index (χ0n) is 17.9. The minimum atomic E-state index is 0.224. The van der Waals surface area contributed by atoms with E-state index in [4.69, 9.17) is 16.2 Å². The third-order valence-electron chi connectivity index (χ3n) is 5.42. The van der Waals surface area contributed by atoms with Gasteiger partial charge in [-0.05, 0) is 47.4 Å². The molecular formula is C27H26N2O2. The van der Waals surface area contributed by atoms with Crippen LogP contribution in [0, 0.1) is 12.3 Å². The molecule has 31 heavy (non-hydrogen) atoms. The first-order chi connectivity index (χ1) is 15.0. The molecule has 0 fully saturated rings. The molecule has 0 bridgehead atoms. The van der Waals surface area contributed by atoms with Crippen LogP contribution in [0.25, 0.3) is 0 Å². The van der Waals surface area contributed by atoms with Gasteiger partial charge < -0.3 is 14.7 Å². The van der Waals surface area contributed by atoms with E-state index in [0.29, 0.717) is 19.1 Å². The van der Waals surface area contributed by atoms with Gasteiger partial charge in [-0.25, -0.2) is 0 Å². The second kappa shape index (κ2) is 8.97. The van der Waals surface area contributed by atoms with Gasteiger partial charge in [-0.2, -0.15) is 0 Å². The number of rotatable bonds is 6. The number of hydrogen-bond donors (Lipinski definition) is 1. The molecule has 4 nitrogen and oxygen atoms in total. The first-order valence-electron chi connectivity index (χ1n) is 10.4. The van der Waals surface area contributed by atoms with E-state index in [2.05, 4.69) is 55.0 Å². The Kier molecular flexibility index (Phi) is 5.95. The lowest BCUT2D eigenvalue weighted by Gasteiger charge is -2.31. The van der Waals surface area contributed by atoms with Gasteiger partial charge in [-0.15, -0.1) is 6.42 Å². The normalized spacial score (nSPS) is 12.8. The number of phenolic OH excluding ortho intramolecular Hbond substituents is 1. The molecule has 3 aromatic carbocycles. The molecule has 1 aliphatic heterocycles. The van der Waals surface area contributed by atoms with Crippen molar-refractivity contribution in [2.24, 2.45) is 4.99 Å². The standard InChI is InChI=1S/C27H26N2O2/c1-4-14-31-24-12-13-26-25(16-24)27(22-10-8-21(9-11-22)19(2)3)28-18-29(26)17-20-6-5-7-23(30)15-20/h1,5-13,15-16,19,30H,14,17-18H2,2-3H3. The van der Waals surface area contributed by atoms with E-state index in [0.717, 1.165) is 33.8 Å². The molecular weight excluding hydrogens is 384 g/mol. The molecule has 0 radical (unpaired) electrons. The minimum absolute atomic E-state index is 0.224. The van der Waals surface area contributed by atoms with Crippen molar-refractivity contribution in [2.45, 2.75) is 26.3 Å². The predicted octanol–water partition coefficient (Wildman–Crippen LogP) is 5.34. The molecule has 1 aliphatic rings. The first-order valence-corrected chi connectivity index (χ1v) is 10.4. The van der Waals surface area contributed by atoms with E-state index in [1.807, 2.05) is 24.3 Å². The Morgan fingerprint density at radius 1 is 1.10 bits per heavy atom. The van der Waals surface area contributed by atoms with Gasteiger partial charge in [0.15, 0.2) is 0 Å². The maximum absolute atomic E-state index is 9.83. The quantitative estimate of drug-likeness (QED) is 0.558. The molecule has 156 valence electrons. The van der Waals surface area contributed by atoms with Crippen LogP contribution in [-0.4, -0.2) is 24.1 Å². The largest absolute Gasteiger partial charge is 0.508 e. The fourth-order valence-corrected chi connectivity index (χ4v) is 3.80. The maximum atomic E-state index is 9.83. The summed E-state index contributed by atoms with van der Waals surface area (Å²) in [5.41, 5.74) is 6.45. The van der Waals surface area contributed by atoms with E-state index in [-0.39, 0.29) is 12.4 Å². The fourth-order valence-electron chi connectivity index (χ4n) is 3.80. The van der Waals surface area contributed by atoms with Crippen LogP contribution >= 0.6 is 0 Å². The van der Waals surface area contributed by atoms with Gasteiger partial charge >= 0.3 is 0 Å². The third kappa shape index (κ3) is 4.57. The van der Waals surface area contributed by atoms with Crippen molar-refractivity contribution in [1.29, 1.82) is 0 Å². The highest BCUT2D eigenvalue weighted by Gasteiger charge is 2.22. The highest BCUT2D eigenvalue weighted by molar-refractivity contribution is 6.17. The summed E-state index contributed by atoms with van der Waals surface area (Å²) in [5.74, 6) is 3.99. The van der Waals surface area contributed by atoms with Crippen LogP contribution in [0.15, 0.2) is 71.7 Å². The van der Waals surface area contributed by atoms with Crippen LogP contribution in [0.1, 0.15) is 42.0 Å². The summed E-state index contributed by atoms with van der Waals surface area (Å²) >= 11 is 0. The molecule has 4 rings (SSSR count). The van der Waals surface area contributed by atoms with Crippen molar-refractivity contribution in [1.82, 2.24) is 0 Å². The van der Waals surface area contributed by atoms with Gasteiger partial charge in [-0.3, -0.25) is 4.99 Å². The number of benzene rings is 3. The van der Waals surface area contributed by atoms with Crippen molar-refractivity contribution in [3.05, 3.63) is 89.0 Å². The second-order valence-corrected chi connectivity index (χ2v) is 7.96. The topological polar surface area (TPSA) is 45.1 Å². The first kappa shape index (κ1) is 20.6. The second-order valence-electron chi connectivity index (χ2n) is 7.96. The van der Waals surface area contributed by atoms with Crippen molar-refractivity contribution in [3.63, 3.8) is 0 Å². The number of fused-ring (bicyclic) bond motifs is 1. The number of aromatic hydroxyl groups is 1. The number of phenols is 1. The molecule has 1 N–H and O–H groups in total. The zero-order valence-corrected chi connectivity index (χ0v) is 17.9. The number of hydrogen-bond acceptors (Lipinski definition) is 4. The molecule has 0 saturated heterocycles. The van der Waals surface area contributed by atoms with Crippen LogP contribution in [0.4, 0.5) is 5.69 Å². The molecule has 0 aliphatic carbocycles. The van der Waals surface area contributed by atoms with E-state index >= 15 is 0 Å². The van der Waals surface area contributed by atoms with Crippen molar-refractivity contribution in [2.75, 3.05) is 18.2 Å². The molecule has 0 spiro atoms. The summed E-state index contributed by atoms with van der Waals surface area (Å²) in [6.07, 6.45) is 5.36. The monoisotopic (exact) mass is 410 g/mol. The summed E-state index contributed by atoms with van der Waals surface area (Å²) in [5, 5.41) is 9.83. The SMILES string of the molecule is C#CCOc1ccc2c(c1)C(c1ccc(C(C)C)cc1)=NCN2Cc1cccc(O)c1. The number of aliphatic imine (C=N–C) groups is 1. The van der Waals surface area contributed by atoms with Gasteiger partial charge in [0, 0.05) is 23.4 Å². The maximum Gasteiger partial charge on any atom is 0.148 e. The molecule has 0 saturated carbocycles. The fraction of sp³-hybridized carbons (Fsp3) is 0.222. The number of ether oxygens (including phenoxy) is 1. The molecule has 1 heterocycles. The van der Waals surface area contributed by atoms with Crippen molar-refractivity contribution >= 4 is 11.4 Å². The summed E-state index contributed by atoms with van der Waals surface area (Å²) in [7, 11) is 0. The number of nitrogens with zero attached hydrogens (tertiary/aromatic N) is 2. The van der Waals surface area contributed by atoms with Gasteiger partial charge in [0.05, 0.1) is 5.71 Å². The lowest BCUT2D eigenvalue weighted by atomic mass is 9.95.